The smallest absolute Gasteiger partial charge is 0.0602 e. The Kier molecular flexibility index (Phi) is 5.22. The van der Waals surface area contributed by atoms with Gasteiger partial charge in [0, 0.05) is 0 Å². The molecule has 0 aromatic rings. The van der Waals surface area contributed by atoms with E-state index in [2.05, 4.69) is 20.4 Å². The van der Waals surface area contributed by atoms with E-state index < -0.39 is 0 Å². The highest BCUT2D eigenvalue weighted by molar-refractivity contribution is 4.91. The normalized spacial score (nSPS) is 16.0. The second kappa shape index (κ2) is 5.36. The molecule has 66 valence electrons. The summed E-state index contributed by atoms with van der Waals surface area (Å²) >= 11 is 0. The monoisotopic (exact) mass is 156 g/mol. The number of hydrogen-bond donors (Lipinski definition) is 1. The van der Waals surface area contributed by atoms with Crippen molar-refractivity contribution < 1.29 is 5.11 Å². The molecule has 0 aliphatic heterocycles. The zero-order valence-corrected chi connectivity index (χ0v) is 7.93. The molecule has 0 bridgehead atoms. The summed E-state index contributed by atoms with van der Waals surface area (Å²) in [6, 6.07) is 0. The van der Waals surface area contributed by atoms with E-state index in [1.807, 2.05) is 6.92 Å². The van der Waals surface area contributed by atoms with Crippen LogP contribution in [0, 0.1) is 5.92 Å². The lowest BCUT2D eigenvalue weighted by Gasteiger charge is -2.17. The van der Waals surface area contributed by atoms with Crippen molar-refractivity contribution >= 4 is 0 Å². The number of aliphatic hydroxyl groups is 1. The molecule has 0 aromatic carbocycles. The minimum absolute atomic E-state index is 0.188. The van der Waals surface area contributed by atoms with Crippen LogP contribution in [0.4, 0.5) is 0 Å². The van der Waals surface area contributed by atoms with E-state index in [0.29, 0.717) is 5.92 Å². The van der Waals surface area contributed by atoms with Crippen molar-refractivity contribution in [2.45, 2.75) is 46.1 Å². The molecule has 2 unspecified atom stereocenters. The first-order chi connectivity index (χ1) is 5.07. The maximum atomic E-state index is 9.56. The fourth-order valence-electron chi connectivity index (χ4n) is 1.21. The topological polar surface area (TPSA) is 20.2 Å². The molecule has 1 N–H and O–H groups in total. The van der Waals surface area contributed by atoms with Gasteiger partial charge in [-0.1, -0.05) is 25.8 Å². The fraction of sp³-hybridized carbons (Fsp3) is 0.800. The number of rotatable bonds is 5. The molecule has 0 fully saturated rings. The van der Waals surface area contributed by atoms with Gasteiger partial charge in [-0.15, -0.1) is 6.58 Å². The first-order valence-corrected chi connectivity index (χ1v) is 4.40. The number of aliphatic hydroxyl groups excluding tert-OH is 1. The van der Waals surface area contributed by atoms with Gasteiger partial charge in [0.25, 0.3) is 0 Å². The first kappa shape index (κ1) is 10.7. The third kappa shape index (κ3) is 5.02. The van der Waals surface area contributed by atoms with Crippen LogP contribution in [0.2, 0.25) is 0 Å². The second-order valence-corrected chi connectivity index (χ2v) is 3.49. The van der Waals surface area contributed by atoms with Gasteiger partial charge in [0.05, 0.1) is 6.10 Å². The van der Waals surface area contributed by atoms with Gasteiger partial charge in [0.15, 0.2) is 0 Å². The lowest BCUT2D eigenvalue weighted by Crippen LogP contribution is -2.17. The van der Waals surface area contributed by atoms with Gasteiger partial charge in [-0.2, -0.15) is 0 Å². The molecule has 1 heteroatoms. The van der Waals surface area contributed by atoms with E-state index in [1.165, 1.54) is 0 Å². The maximum Gasteiger partial charge on any atom is 0.0602 e. The van der Waals surface area contributed by atoms with Crippen LogP contribution in [0.1, 0.15) is 40.0 Å². The van der Waals surface area contributed by atoms with Crippen LogP contribution >= 0.6 is 0 Å². The highest BCUT2D eigenvalue weighted by Crippen LogP contribution is 2.15. The molecule has 0 saturated heterocycles. The Hall–Kier alpha value is -0.300. The summed E-state index contributed by atoms with van der Waals surface area (Å²) in [6.45, 7) is 9.98. The zero-order valence-electron chi connectivity index (χ0n) is 7.93. The van der Waals surface area contributed by atoms with E-state index in [9.17, 15) is 5.11 Å². The third-order valence-corrected chi connectivity index (χ3v) is 1.96. The van der Waals surface area contributed by atoms with Gasteiger partial charge in [0.1, 0.15) is 0 Å². The SMILES string of the molecule is C=C(C)CC(O)C(C)CCC. The van der Waals surface area contributed by atoms with Gasteiger partial charge in [-0.3, -0.25) is 0 Å². The Bertz CT molecular complexity index is 118. The lowest BCUT2D eigenvalue weighted by molar-refractivity contribution is 0.112. The predicted octanol–water partition coefficient (Wildman–Crippen LogP) is 2.75. The van der Waals surface area contributed by atoms with Gasteiger partial charge >= 0.3 is 0 Å². The minimum Gasteiger partial charge on any atom is -0.393 e. The van der Waals surface area contributed by atoms with Gasteiger partial charge in [0.2, 0.25) is 0 Å². The molecule has 0 amide bonds. The molecule has 11 heavy (non-hydrogen) atoms. The summed E-state index contributed by atoms with van der Waals surface area (Å²) in [7, 11) is 0. The highest BCUT2D eigenvalue weighted by Gasteiger charge is 2.12. The highest BCUT2D eigenvalue weighted by atomic mass is 16.3. The molecule has 0 saturated carbocycles. The Morgan fingerprint density at radius 1 is 1.55 bits per heavy atom. The van der Waals surface area contributed by atoms with Crippen molar-refractivity contribution in [3.05, 3.63) is 12.2 Å². The molecular weight excluding hydrogens is 136 g/mol. The van der Waals surface area contributed by atoms with Crippen molar-refractivity contribution in [1.82, 2.24) is 0 Å². The molecule has 0 aliphatic rings. The summed E-state index contributed by atoms with van der Waals surface area (Å²) in [5.74, 6) is 0.414. The average Bonchev–Trinajstić information content (AvgIpc) is 1.86. The van der Waals surface area contributed by atoms with Gasteiger partial charge in [-0.25, -0.2) is 0 Å². The van der Waals surface area contributed by atoms with Crippen molar-refractivity contribution in [2.75, 3.05) is 0 Å². The maximum absolute atomic E-state index is 9.56. The van der Waals surface area contributed by atoms with Crippen molar-refractivity contribution in [2.24, 2.45) is 5.92 Å². The fourth-order valence-corrected chi connectivity index (χ4v) is 1.21. The average molecular weight is 156 g/mol. The van der Waals surface area contributed by atoms with Crippen molar-refractivity contribution in [3.63, 3.8) is 0 Å². The van der Waals surface area contributed by atoms with Crippen LogP contribution in [0.25, 0.3) is 0 Å². The number of hydrogen-bond acceptors (Lipinski definition) is 1. The van der Waals surface area contributed by atoms with Crippen molar-refractivity contribution in [1.29, 1.82) is 0 Å². The molecule has 1 nitrogen and oxygen atoms in total. The van der Waals surface area contributed by atoms with Crippen LogP contribution in [0.5, 0.6) is 0 Å². The molecule has 0 heterocycles. The molecule has 0 aliphatic carbocycles. The molecule has 0 aromatic heterocycles. The Morgan fingerprint density at radius 3 is 2.45 bits per heavy atom. The Balaban J connectivity index is 3.63. The van der Waals surface area contributed by atoms with E-state index in [4.69, 9.17) is 0 Å². The minimum atomic E-state index is -0.188. The molecule has 0 radical (unpaired) electrons. The zero-order chi connectivity index (χ0) is 8.85. The Morgan fingerprint density at radius 2 is 2.09 bits per heavy atom. The molecule has 0 rings (SSSR count). The summed E-state index contributed by atoms with van der Waals surface area (Å²) < 4.78 is 0. The largest absolute Gasteiger partial charge is 0.393 e. The quantitative estimate of drug-likeness (QED) is 0.607. The van der Waals surface area contributed by atoms with E-state index in [0.717, 1.165) is 24.8 Å². The third-order valence-electron chi connectivity index (χ3n) is 1.96. The van der Waals surface area contributed by atoms with Crippen LogP contribution in [-0.4, -0.2) is 11.2 Å². The van der Waals surface area contributed by atoms with E-state index in [-0.39, 0.29) is 6.10 Å². The predicted molar refractivity (Wildman–Crippen MR) is 49.5 cm³/mol. The van der Waals surface area contributed by atoms with Crippen molar-refractivity contribution in [3.8, 4) is 0 Å². The summed E-state index contributed by atoms with van der Waals surface area (Å²) in [6.07, 6.45) is 2.82. The summed E-state index contributed by atoms with van der Waals surface area (Å²) in [5.41, 5.74) is 1.07. The molecule has 0 spiro atoms. The van der Waals surface area contributed by atoms with Gasteiger partial charge < -0.3 is 5.11 Å². The summed E-state index contributed by atoms with van der Waals surface area (Å²) in [4.78, 5) is 0. The van der Waals surface area contributed by atoms with Crippen LogP contribution in [0.15, 0.2) is 12.2 Å². The van der Waals surface area contributed by atoms with E-state index in [1.54, 1.807) is 0 Å². The molecular formula is C10H20O. The van der Waals surface area contributed by atoms with Gasteiger partial charge in [-0.05, 0) is 25.7 Å². The lowest BCUT2D eigenvalue weighted by atomic mass is 9.95. The van der Waals surface area contributed by atoms with Crippen LogP contribution in [-0.2, 0) is 0 Å². The Labute approximate surface area is 70.1 Å². The summed E-state index contributed by atoms with van der Waals surface area (Å²) in [5, 5.41) is 9.56. The van der Waals surface area contributed by atoms with E-state index >= 15 is 0 Å². The van der Waals surface area contributed by atoms with Crippen LogP contribution in [0.3, 0.4) is 0 Å². The standard InChI is InChI=1S/C10H20O/c1-5-6-9(4)10(11)7-8(2)3/h9-11H,2,5-7H2,1,3-4H3. The first-order valence-electron chi connectivity index (χ1n) is 4.40. The second-order valence-electron chi connectivity index (χ2n) is 3.49. The van der Waals surface area contributed by atoms with Crippen LogP contribution < -0.4 is 0 Å². The molecule has 2 atom stereocenters.